The van der Waals surface area contributed by atoms with E-state index in [0.717, 1.165) is 38.5 Å². The van der Waals surface area contributed by atoms with E-state index in [1.807, 2.05) is 0 Å². The molecule has 0 saturated carbocycles. The first kappa shape index (κ1) is 36.5. The molecule has 0 saturated heterocycles. The fraction of sp³-hybridized carbons (Fsp3) is 0.885. The van der Waals surface area contributed by atoms with Crippen LogP contribution in [0.3, 0.4) is 0 Å². The molecule has 0 aromatic carbocycles. The van der Waals surface area contributed by atoms with Gasteiger partial charge >= 0.3 is 25.7 Å². The summed E-state index contributed by atoms with van der Waals surface area (Å²) in [4.78, 5) is 45.0. The van der Waals surface area contributed by atoms with Gasteiger partial charge in [-0.2, -0.15) is 0 Å². The van der Waals surface area contributed by atoms with Gasteiger partial charge in [0.25, 0.3) is 0 Å². The molecule has 0 aliphatic carbocycles. The molecule has 0 aromatic heterocycles. The van der Waals surface area contributed by atoms with Crippen molar-refractivity contribution in [3.63, 3.8) is 0 Å². The van der Waals surface area contributed by atoms with Gasteiger partial charge in [-0.25, -0.2) is 4.57 Å². The van der Waals surface area contributed by atoms with E-state index in [1.165, 1.54) is 38.5 Å². The maximum absolute atomic E-state index is 12.3. The van der Waals surface area contributed by atoms with Crippen LogP contribution in [0.5, 0.6) is 0 Å². The van der Waals surface area contributed by atoms with Gasteiger partial charge in [-0.05, 0) is 12.8 Å². The SMILES string of the molecule is CCCCCCCCCC(=O)OCC(COC(=O)CCCCCCCCC)OP(=O)(O)OCC(N)C(=O)O. The molecule has 0 bridgehead atoms. The summed E-state index contributed by atoms with van der Waals surface area (Å²) in [5.74, 6) is -2.41. The van der Waals surface area contributed by atoms with E-state index in [9.17, 15) is 23.8 Å². The lowest BCUT2D eigenvalue weighted by molar-refractivity contribution is -0.152. The number of nitrogens with two attached hydrogens (primary N) is 1. The van der Waals surface area contributed by atoms with Crippen LogP contribution in [0.4, 0.5) is 0 Å². The maximum atomic E-state index is 12.3. The third kappa shape index (κ3) is 22.5. The van der Waals surface area contributed by atoms with E-state index < -0.39 is 57.7 Å². The quantitative estimate of drug-likeness (QED) is 0.0706. The molecule has 0 spiro atoms. The number of hydrogen-bond donors (Lipinski definition) is 3. The summed E-state index contributed by atoms with van der Waals surface area (Å²) in [5, 5.41) is 8.80. The Morgan fingerprint density at radius 2 is 1.11 bits per heavy atom. The molecule has 4 N–H and O–H groups in total. The van der Waals surface area contributed by atoms with Crippen molar-refractivity contribution < 1.29 is 47.5 Å². The van der Waals surface area contributed by atoms with Crippen molar-refractivity contribution in [3.8, 4) is 0 Å². The number of esters is 2. The summed E-state index contributed by atoms with van der Waals surface area (Å²) in [6.45, 7) is 2.66. The van der Waals surface area contributed by atoms with Crippen LogP contribution in [0.1, 0.15) is 117 Å². The summed E-state index contributed by atoms with van der Waals surface area (Å²) in [5.41, 5.74) is 5.28. The van der Waals surface area contributed by atoms with Crippen molar-refractivity contribution in [2.75, 3.05) is 19.8 Å². The monoisotopic (exact) mass is 567 g/mol. The van der Waals surface area contributed by atoms with Gasteiger partial charge in [0.1, 0.15) is 25.4 Å². The number of unbranched alkanes of at least 4 members (excludes halogenated alkanes) is 12. The molecule has 0 amide bonds. The highest BCUT2D eigenvalue weighted by molar-refractivity contribution is 7.47. The van der Waals surface area contributed by atoms with Crippen molar-refractivity contribution in [2.45, 2.75) is 129 Å². The molecule has 0 aliphatic heterocycles. The molecular weight excluding hydrogens is 517 g/mol. The minimum Gasteiger partial charge on any atom is -0.480 e. The Labute approximate surface area is 227 Å². The number of phosphoric acid groups is 1. The number of rotatable bonds is 26. The standard InChI is InChI=1S/C26H50NO10P/c1-3-5-7-9-11-13-15-17-24(28)34-19-22(37-38(32,33)36-21-23(27)26(30)31)20-35-25(29)18-16-14-12-10-8-6-4-2/h22-23H,3-21,27H2,1-2H3,(H,30,31)(H,32,33). The summed E-state index contributed by atoms with van der Waals surface area (Å²) >= 11 is 0. The third-order valence-electron chi connectivity index (χ3n) is 5.85. The molecule has 2 atom stereocenters. The number of carbonyl (C=O) groups is 3. The number of hydrogen-bond acceptors (Lipinski definition) is 9. The number of aliphatic carboxylic acids is 1. The topological polar surface area (TPSA) is 172 Å². The molecule has 0 fully saturated rings. The molecule has 12 heteroatoms. The summed E-state index contributed by atoms with van der Waals surface area (Å²) in [6.07, 6.45) is 13.7. The van der Waals surface area contributed by atoms with E-state index in [-0.39, 0.29) is 12.8 Å². The van der Waals surface area contributed by atoms with E-state index in [4.69, 9.17) is 24.8 Å². The average molecular weight is 568 g/mol. The van der Waals surface area contributed by atoms with Crippen LogP contribution < -0.4 is 5.73 Å². The third-order valence-corrected chi connectivity index (χ3v) is 6.89. The van der Waals surface area contributed by atoms with Crippen LogP contribution in [-0.4, -0.2) is 59.9 Å². The Morgan fingerprint density at radius 3 is 1.50 bits per heavy atom. The van der Waals surface area contributed by atoms with Gasteiger partial charge in [-0.1, -0.05) is 90.9 Å². The Bertz CT molecular complexity index is 657. The van der Waals surface area contributed by atoms with Gasteiger partial charge in [0.2, 0.25) is 0 Å². The molecule has 0 aliphatic rings. The molecule has 0 aromatic rings. The van der Waals surface area contributed by atoms with Crippen LogP contribution in [-0.2, 0) is 37.5 Å². The van der Waals surface area contributed by atoms with E-state index >= 15 is 0 Å². The highest BCUT2D eigenvalue weighted by Gasteiger charge is 2.30. The zero-order valence-corrected chi connectivity index (χ0v) is 24.2. The zero-order chi connectivity index (χ0) is 28.7. The van der Waals surface area contributed by atoms with Crippen LogP contribution in [0.15, 0.2) is 0 Å². The molecule has 0 heterocycles. The fourth-order valence-electron chi connectivity index (χ4n) is 3.54. The largest absolute Gasteiger partial charge is 0.480 e. The normalized spacial score (nSPS) is 13.7. The Balaban J connectivity index is 4.60. The van der Waals surface area contributed by atoms with Gasteiger partial charge in [0, 0.05) is 12.8 Å². The molecule has 224 valence electrons. The van der Waals surface area contributed by atoms with Crippen molar-refractivity contribution in [2.24, 2.45) is 5.73 Å². The smallest absolute Gasteiger partial charge is 0.472 e. The molecule has 0 rings (SSSR count). The summed E-state index contributed by atoms with van der Waals surface area (Å²) in [7, 11) is -4.77. The number of carboxylic acids is 1. The van der Waals surface area contributed by atoms with Crippen molar-refractivity contribution in [1.82, 2.24) is 0 Å². The molecule has 0 radical (unpaired) electrons. The Morgan fingerprint density at radius 1 is 0.711 bits per heavy atom. The van der Waals surface area contributed by atoms with Gasteiger partial charge < -0.3 is 25.2 Å². The minimum absolute atomic E-state index is 0.194. The van der Waals surface area contributed by atoms with Gasteiger partial charge in [-0.15, -0.1) is 0 Å². The number of ether oxygens (including phenoxy) is 2. The zero-order valence-electron chi connectivity index (χ0n) is 23.3. The van der Waals surface area contributed by atoms with Crippen LogP contribution in [0.2, 0.25) is 0 Å². The maximum Gasteiger partial charge on any atom is 0.472 e. The van der Waals surface area contributed by atoms with Crippen molar-refractivity contribution >= 4 is 25.7 Å². The summed E-state index contributed by atoms with van der Waals surface area (Å²) < 4.78 is 32.3. The van der Waals surface area contributed by atoms with E-state index in [2.05, 4.69) is 18.4 Å². The van der Waals surface area contributed by atoms with Crippen molar-refractivity contribution in [1.29, 1.82) is 0 Å². The minimum atomic E-state index is -4.77. The van der Waals surface area contributed by atoms with Gasteiger partial charge in [0.15, 0.2) is 0 Å². The second kappa shape index (κ2) is 23.4. The Kier molecular flexibility index (Phi) is 22.4. The predicted molar refractivity (Wildman–Crippen MR) is 143 cm³/mol. The highest BCUT2D eigenvalue weighted by Crippen LogP contribution is 2.44. The molecule has 38 heavy (non-hydrogen) atoms. The van der Waals surface area contributed by atoms with Crippen LogP contribution in [0, 0.1) is 0 Å². The fourth-order valence-corrected chi connectivity index (χ4v) is 4.45. The lowest BCUT2D eigenvalue weighted by Crippen LogP contribution is -2.35. The van der Waals surface area contributed by atoms with Crippen LogP contribution in [0.25, 0.3) is 0 Å². The second-order valence-electron chi connectivity index (χ2n) is 9.55. The summed E-state index contributed by atoms with van der Waals surface area (Å²) in [6, 6.07) is -1.53. The van der Waals surface area contributed by atoms with Gasteiger partial charge in [0.05, 0.1) is 6.61 Å². The number of phosphoric ester groups is 1. The lowest BCUT2D eigenvalue weighted by atomic mass is 10.1. The first-order valence-corrected chi connectivity index (χ1v) is 15.6. The van der Waals surface area contributed by atoms with Gasteiger partial charge in [-0.3, -0.25) is 23.4 Å². The lowest BCUT2D eigenvalue weighted by Gasteiger charge is -2.21. The molecule has 11 nitrogen and oxygen atoms in total. The Hall–Kier alpha value is -1.52. The molecule has 2 unspecified atom stereocenters. The average Bonchev–Trinajstić information content (AvgIpc) is 2.87. The highest BCUT2D eigenvalue weighted by atomic mass is 31.2. The first-order valence-electron chi connectivity index (χ1n) is 14.1. The van der Waals surface area contributed by atoms with Crippen molar-refractivity contribution in [3.05, 3.63) is 0 Å². The number of carboxylic acid groups (broad SMARTS) is 1. The number of carbonyl (C=O) groups excluding carboxylic acids is 2. The first-order chi connectivity index (χ1) is 18.1. The second-order valence-corrected chi connectivity index (χ2v) is 11.0. The molecular formula is C26H50NO10P. The predicted octanol–water partition coefficient (Wildman–Crippen LogP) is 5.27. The van der Waals surface area contributed by atoms with Crippen LogP contribution >= 0.6 is 7.82 Å². The van der Waals surface area contributed by atoms with E-state index in [1.54, 1.807) is 0 Å². The van der Waals surface area contributed by atoms with E-state index in [0.29, 0.717) is 12.8 Å².